The molecule has 0 spiro atoms. The molecule has 3 N–H and O–H groups in total. The highest BCUT2D eigenvalue weighted by Gasteiger charge is 2.15. The lowest BCUT2D eigenvalue weighted by Crippen LogP contribution is -2.27. The van der Waals surface area contributed by atoms with Crippen molar-refractivity contribution in [1.29, 1.82) is 0 Å². The molecule has 21 heavy (non-hydrogen) atoms. The van der Waals surface area contributed by atoms with E-state index in [1.807, 2.05) is 0 Å². The Morgan fingerprint density at radius 3 is 2.81 bits per heavy atom. The van der Waals surface area contributed by atoms with Crippen molar-refractivity contribution >= 4 is 11.6 Å². The summed E-state index contributed by atoms with van der Waals surface area (Å²) in [6, 6.07) is 3.17. The number of hydrogen-bond donors (Lipinski definition) is 2. The summed E-state index contributed by atoms with van der Waals surface area (Å²) in [5, 5.41) is 6.39. The van der Waals surface area contributed by atoms with Gasteiger partial charge in [-0.05, 0) is 6.07 Å². The van der Waals surface area contributed by atoms with E-state index in [1.165, 1.54) is 20.6 Å². The highest BCUT2D eigenvalue weighted by Crippen LogP contribution is 2.30. The van der Waals surface area contributed by atoms with Gasteiger partial charge in [0.15, 0.2) is 5.82 Å². The topological polar surface area (TPSA) is 112 Å². The average molecular weight is 292 g/mol. The van der Waals surface area contributed by atoms with Gasteiger partial charge >= 0.3 is 0 Å². The van der Waals surface area contributed by atoms with Crippen molar-refractivity contribution in [2.45, 2.75) is 6.42 Å². The number of benzene rings is 1. The first-order valence-electron chi connectivity index (χ1n) is 6.20. The number of rotatable bonds is 6. The first-order valence-corrected chi connectivity index (χ1v) is 6.20. The molecular weight excluding hydrogens is 276 g/mol. The van der Waals surface area contributed by atoms with Crippen molar-refractivity contribution in [1.82, 2.24) is 15.5 Å². The molecular formula is C13H16N4O4. The smallest absolute Gasteiger partial charge is 0.253 e. The third kappa shape index (κ3) is 3.41. The van der Waals surface area contributed by atoms with Crippen LogP contribution in [0.2, 0.25) is 0 Å². The number of methoxy groups -OCH3 is 2. The van der Waals surface area contributed by atoms with Gasteiger partial charge in [-0.25, -0.2) is 0 Å². The summed E-state index contributed by atoms with van der Waals surface area (Å²) < 4.78 is 14.9. The Balaban J connectivity index is 2.07. The number of nitrogen functional groups attached to an aromatic ring is 1. The van der Waals surface area contributed by atoms with Gasteiger partial charge in [0.05, 0.1) is 25.5 Å². The molecule has 2 rings (SSSR count). The Labute approximate surface area is 121 Å². The van der Waals surface area contributed by atoms with E-state index in [0.29, 0.717) is 35.9 Å². The lowest BCUT2D eigenvalue weighted by Gasteiger charge is -2.12. The third-order valence-electron chi connectivity index (χ3n) is 2.86. The molecule has 8 nitrogen and oxygen atoms in total. The van der Waals surface area contributed by atoms with Crippen molar-refractivity contribution in [3.8, 4) is 11.5 Å². The predicted octanol–water partition coefficient (Wildman–Crippen LogP) is 0.641. The maximum atomic E-state index is 12.2. The van der Waals surface area contributed by atoms with Gasteiger partial charge in [0.1, 0.15) is 11.5 Å². The fourth-order valence-corrected chi connectivity index (χ4v) is 1.76. The van der Waals surface area contributed by atoms with Crippen molar-refractivity contribution < 1.29 is 18.8 Å². The zero-order chi connectivity index (χ0) is 15.2. The minimum absolute atomic E-state index is 0.260. The molecule has 0 atom stereocenters. The summed E-state index contributed by atoms with van der Waals surface area (Å²) in [7, 11) is 2.98. The molecule has 0 saturated heterocycles. The van der Waals surface area contributed by atoms with Crippen LogP contribution in [-0.4, -0.2) is 36.8 Å². The van der Waals surface area contributed by atoms with Crippen molar-refractivity contribution in [3.63, 3.8) is 0 Å². The number of nitrogens with two attached hydrogens (primary N) is 1. The van der Waals surface area contributed by atoms with E-state index in [4.69, 9.17) is 15.2 Å². The number of amides is 1. The van der Waals surface area contributed by atoms with E-state index in [-0.39, 0.29) is 11.6 Å². The van der Waals surface area contributed by atoms with Crippen LogP contribution in [0.5, 0.6) is 11.5 Å². The number of hydrogen-bond acceptors (Lipinski definition) is 7. The van der Waals surface area contributed by atoms with Crippen molar-refractivity contribution in [3.05, 3.63) is 29.9 Å². The molecule has 0 aliphatic carbocycles. The quantitative estimate of drug-likeness (QED) is 0.751. The maximum Gasteiger partial charge on any atom is 0.253 e. The number of carbonyl (C=O) groups excluding carboxylic acids is 1. The molecule has 0 unspecified atom stereocenters. The number of ether oxygens (including phenoxy) is 2. The molecule has 1 aromatic heterocycles. The van der Waals surface area contributed by atoms with Crippen LogP contribution < -0.4 is 20.5 Å². The van der Waals surface area contributed by atoms with E-state index in [0.717, 1.165) is 0 Å². The van der Waals surface area contributed by atoms with E-state index in [2.05, 4.69) is 20.0 Å². The second kappa shape index (κ2) is 6.60. The molecule has 1 aromatic carbocycles. The van der Waals surface area contributed by atoms with Crippen LogP contribution in [0.4, 0.5) is 5.69 Å². The standard InChI is InChI=1S/C13H16N4O4/c1-19-8-5-9(12(14)10(6-8)20-2)13(18)15-4-3-11-16-7-21-17-11/h5-7H,3-4,14H2,1-2H3,(H,15,18). The van der Waals surface area contributed by atoms with Gasteiger partial charge in [0, 0.05) is 19.0 Å². The van der Waals surface area contributed by atoms with Gasteiger partial charge < -0.3 is 25.0 Å². The van der Waals surface area contributed by atoms with Crippen LogP contribution in [0.1, 0.15) is 16.2 Å². The lowest BCUT2D eigenvalue weighted by molar-refractivity contribution is 0.0954. The Hall–Kier alpha value is -2.77. The number of nitrogens with one attached hydrogen (secondary N) is 1. The van der Waals surface area contributed by atoms with Gasteiger partial charge in [-0.3, -0.25) is 4.79 Å². The summed E-state index contributed by atoms with van der Waals surface area (Å²) in [4.78, 5) is 16.0. The number of nitrogens with zero attached hydrogens (tertiary/aromatic N) is 2. The zero-order valence-corrected chi connectivity index (χ0v) is 11.8. The Kier molecular flexibility index (Phi) is 4.60. The summed E-state index contributed by atoms with van der Waals surface area (Å²) in [5.74, 6) is 1.07. The SMILES string of the molecule is COc1cc(OC)c(N)c(C(=O)NCCc2ncon2)c1. The minimum Gasteiger partial charge on any atom is -0.497 e. The van der Waals surface area contributed by atoms with Crippen LogP contribution in [0.3, 0.4) is 0 Å². The fraction of sp³-hybridized carbons (Fsp3) is 0.308. The minimum atomic E-state index is -0.326. The number of anilines is 1. The van der Waals surface area contributed by atoms with Crippen molar-refractivity contribution in [2.24, 2.45) is 0 Å². The maximum absolute atomic E-state index is 12.2. The molecule has 0 radical (unpaired) electrons. The largest absolute Gasteiger partial charge is 0.497 e. The van der Waals surface area contributed by atoms with Gasteiger partial charge in [0.2, 0.25) is 6.39 Å². The van der Waals surface area contributed by atoms with Gasteiger partial charge in [-0.15, -0.1) is 0 Å². The molecule has 2 aromatic rings. The molecule has 0 aliphatic rings. The second-order valence-electron chi connectivity index (χ2n) is 4.14. The summed E-state index contributed by atoms with van der Waals surface area (Å²) in [6.45, 7) is 0.358. The first-order chi connectivity index (χ1) is 10.2. The van der Waals surface area contributed by atoms with Gasteiger partial charge in [-0.2, -0.15) is 4.98 Å². The summed E-state index contributed by atoms with van der Waals surface area (Å²) in [5.41, 5.74) is 6.45. The van der Waals surface area contributed by atoms with Crippen LogP contribution in [-0.2, 0) is 6.42 Å². The molecule has 0 aliphatic heterocycles. The van der Waals surface area contributed by atoms with Crippen LogP contribution in [0.15, 0.2) is 23.0 Å². The number of aromatic nitrogens is 2. The average Bonchev–Trinajstić information content (AvgIpc) is 3.00. The van der Waals surface area contributed by atoms with Crippen LogP contribution in [0, 0.1) is 0 Å². The highest BCUT2D eigenvalue weighted by molar-refractivity contribution is 6.00. The lowest BCUT2D eigenvalue weighted by atomic mass is 10.1. The molecule has 112 valence electrons. The Bertz CT molecular complexity index is 613. The molecule has 8 heteroatoms. The Morgan fingerprint density at radius 2 is 2.19 bits per heavy atom. The number of carbonyl (C=O) groups is 1. The monoisotopic (exact) mass is 292 g/mol. The highest BCUT2D eigenvalue weighted by atomic mass is 16.5. The van der Waals surface area contributed by atoms with Gasteiger partial charge in [-0.1, -0.05) is 5.16 Å². The molecule has 0 fully saturated rings. The van der Waals surface area contributed by atoms with E-state index >= 15 is 0 Å². The predicted molar refractivity (Wildman–Crippen MR) is 74.3 cm³/mol. The first kappa shape index (κ1) is 14.6. The molecule has 0 saturated carbocycles. The van der Waals surface area contributed by atoms with Crippen LogP contribution >= 0.6 is 0 Å². The molecule has 1 amide bonds. The zero-order valence-electron chi connectivity index (χ0n) is 11.8. The van der Waals surface area contributed by atoms with Crippen LogP contribution in [0.25, 0.3) is 0 Å². The van der Waals surface area contributed by atoms with E-state index in [9.17, 15) is 4.79 Å². The normalized spacial score (nSPS) is 10.2. The fourth-order valence-electron chi connectivity index (χ4n) is 1.76. The van der Waals surface area contributed by atoms with E-state index in [1.54, 1.807) is 12.1 Å². The molecule has 0 bridgehead atoms. The van der Waals surface area contributed by atoms with Crippen molar-refractivity contribution in [2.75, 3.05) is 26.5 Å². The van der Waals surface area contributed by atoms with Gasteiger partial charge in [0.25, 0.3) is 5.91 Å². The summed E-state index contributed by atoms with van der Waals surface area (Å²) >= 11 is 0. The summed E-state index contributed by atoms with van der Waals surface area (Å²) in [6.07, 6.45) is 1.70. The third-order valence-corrected chi connectivity index (χ3v) is 2.86. The molecule has 1 heterocycles. The van der Waals surface area contributed by atoms with E-state index < -0.39 is 0 Å². The Morgan fingerprint density at radius 1 is 1.38 bits per heavy atom. The second-order valence-corrected chi connectivity index (χ2v) is 4.14.